The Morgan fingerprint density at radius 2 is 1.35 bits per heavy atom. The number of amidine groups is 1. The van der Waals surface area contributed by atoms with Gasteiger partial charge in [-0.05, 0) is 48.9 Å². The maximum Gasteiger partial charge on any atom is 0.252 e. The summed E-state index contributed by atoms with van der Waals surface area (Å²) in [5, 5.41) is 9.11. The van der Waals surface area contributed by atoms with Crippen molar-refractivity contribution < 1.29 is 9.59 Å². The summed E-state index contributed by atoms with van der Waals surface area (Å²) in [6.07, 6.45) is 0.212. The van der Waals surface area contributed by atoms with E-state index in [1.807, 2.05) is 122 Å². The van der Waals surface area contributed by atoms with E-state index in [9.17, 15) is 9.59 Å². The van der Waals surface area contributed by atoms with Crippen molar-refractivity contribution in [2.45, 2.75) is 25.8 Å². The number of carbonyl (C=O) groups is 2. The van der Waals surface area contributed by atoms with Crippen LogP contribution in [0.3, 0.4) is 0 Å². The van der Waals surface area contributed by atoms with Gasteiger partial charge >= 0.3 is 0 Å². The second-order valence-corrected chi connectivity index (χ2v) is 8.98. The van der Waals surface area contributed by atoms with Crippen LogP contribution in [0.15, 0.2) is 120 Å². The molecule has 6 heteroatoms. The van der Waals surface area contributed by atoms with Gasteiger partial charge < -0.3 is 5.32 Å². The molecule has 0 fully saturated rings. The number of anilines is 3. The monoisotopic (exact) mass is 488 g/mol. The molecule has 0 bridgehead atoms. The number of nitrogens with zero attached hydrogens (tertiary/aromatic N) is 3. The highest BCUT2D eigenvalue weighted by atomic mass is 16.2. The first-order valence-corrected chi connectivity index (χ1v) is 12.3. The number of hydrogen-bond acceptors (Lipinski definition) is 4. The predicted octanol–water partition coefficient (Wildman–Crippen LogP) is 6.45. The molecule has 5 rings (SSSR count). The predicted molar refractivity (Wildman–Crippen MR) is 148 cm³/mol. The number of benzene rings is 4. The second kappa shape index (κ2) is 10.9. The molecule has 4 aromatic rings. The van der Waals surface area contributed by atoms with Crippen molar-refractivity contribution in [3.05, 3.63) is 126 Å². The average molecular weight is 489 g/mol. The first kappa shape index (κ1) is 24.0. The summed E-state index contributed by atoms with van der Waals surface area (Å²) in [4.78, 5) is 28.3. The van der Waals surface area contributed by atoms with Crippen LogP contribution in [-0.4, -0.2) is 22.7 Å². The summed E-state index contributed by atoms with van der Waals surface area (Å²) < 4.78 is 0. The third kappa shape index (κ3) is 5.59. The molecule has 1 N–H and O–H groups in total. The number of amides is 2. The van der Waals surface area contributed by atoms with E-state index in [-0.39, 0.29) is 24.3 Å². The SMILES string of the molecule is Cc1ccc(NC(=O)CC(=O)N2N=C(N(c3ccccc3)c3ccccc3)C[C@H]2c2ccccc2)cc1. The molecule has 1 aliphatic rings. The quantitative estimate of drug-likeness (QED) is 0.317. The Labute approximate surface area is 216 Å². The Balaban J connectivity index is 1.45. The van der Waals surface area contributed by atoms with Gasteiger partial charge in [-0.15, -0.1) is 0 Å². The Morgan fingerprint density at radius 3 is 1.92 bits per heavy atom. The summed E-state index contributed by atoms with van der Waals surface area (Å²) in [6, 6.07) is 37.0. The Hall–Kier alpha value is -4.71. The van der Waals surface area contributed by atoms with E-state index in [4.69, 9.17) is 5.10 Å². The Morgan fingerprint density at radius 1 is 0.811 bits per heavy atom. The van der Waals surface area contributed by atoms with E-state index >= 15 is 0 Å². The fraction of sp³-hybridized carbons (Fsp3) is 0.129. The molecule has 0 spiro atoms. The van der Waals surface area contributed by atoms with Crippen molar-refractivity contribution in [3.63, 3.8) is 0 Å². The Bertz CT molecular complexity index is 1350. The molecule has 0 aliphatic carbocycles. The largest absolute Gasteiger partial charge is 0.326 e. The number of aryl methyl sites for hydroxylation is 1. The number of rotatable bonds is 6. The summed E-state index contributed by atoms with van der Waals surface area (Å²) >= 11 is 0. The molecule has 1 heterocycles. The van der Waals surface area contributed by atoms with Gasteiger partial charge in [0.25, 0.3) is 5.91 Å². The molecule has 2 amide bonds. The van der Waals surface area contributed by atoms with Gasteiger partial charge in [-0.2, -0.15) is 5.10 Å². The molecular weight excluding hydrogens is 460 g/mol. The summed E-state index contributed by atoms with van der Waals surface area (Å²) in [7, 11) is 0. The summed E-state index contributed by atoms with van der Waals surface area (Å²) in [5.41, 5.74) is 4.62. The lowest BCUT2D eigenvalue weighted by Crippen LogP contribution is -2.30. The minimum atomic E-state index is -0.368. The van der Waals surface area contributed by atoms with Gasteiger partial charge in [0.05, 0.1) is 6.04 Å². The number of nitrogens with one attached hydrogen (secondary N) is 1. The third-order valence-corrected chi connectivity index (χ3v) is 6.27. The highest BCUT2D eigenvalue weighted by Crippen LogP contribution is 2.36. The van der Waals surface area contributed by atoms with Crippen LogP contribution in [0, 0.1) is 6.92 Å². The van der Waals surface area contributed by atoms with Gasteiger partial charge in [0, 0.05) is 23.5 Å². The molecule has 0 radical (unpaired) electrons. The maximum atomic E-state index is 13.5. The zero-order chi connectivity index (χ0) is 25.6. The minimum Gasteiger partial charge on any atom is -0.326 e. The molecule has 1 aliphatic heterocycles. The highest BCUT2D eigenvalue weighted by molar-refractivity contribution is 6.08. The fourth-order valence-electron chi connectivity index (χ4n) is 4.46. The molecule has 1 atom stereocenters. The van der Waals surface area contributed by atoms with Crippen molar-refractivity contribution in [3.8, 4) is 0 Å². The molecule has 0 saturated heterocycles. The van der Waals surface area contributed by atoms with E-state index in [1.54, 1.807) is 0 Å². The van der Waals surface area contributed by atoms with Crippen LogP contribution in [0.5, 0.6) is 0 Å². The maximum absolute atomic E-state index is 13.5. The molecule has 0 unspecified atom stereocenters. The number of hydrazone groups is 1. The van der Waals surface area contributed by atoms with E-state index in [1.165, 1.54) is 5.01 Å². The lowest BCUT2D eigenvalue weighted by Gasteiger charge is -2.24. The van der Waals surface area contributed by atoms with Gasteiger partial charge in [-0.3, -0.25) is 14.5 Å². The lowest BCUT2D eigenvalue weighted by molar-refractivity contribution is -0.136. The average Bonchev–Trinajstić information content (AvgIpc) is 3.37. The zero-order valence-electron chi connectivity index (χ0n) is 20.6. The van der Waals surface area contributed by atoms with Crippen molar-refractivity contribution in [2.75, 3.05) is 10.2 Å². The van der Waals surface area contributed by atoms with E-state index in [0.29, 0.717) is 12.1 Å². The summed E-state index contributed by atoms with van der Waals surface area (Å²) in [5.74, 6) is 0.0142. The smallest absolute Gasteiger partial charge is 0.252 e. The minimum absolute atomic E-state index is 0.301. The van der Waals surface area contributed by atoms with Crippen LogP contribution < -0.4 is 10.2 Å². The lowest BCUT2D eigenvalue weighted by atomic mass is 10.0. The van der Waals surface area contributed by atoms with Gasteiger partial charge in [0.2, 0.25) is 5.91 Å². The molecular formula is C31H28N4O2. The van der Waals surface area contributed by atoms with Crippen molar-refractivity contribution in [1.82, 2.24) is 5.01 Å². The van der Waals surface area contributed by atoms with Gasteiger partial charge in [-0.25, -0.2) is 5.01 Å². The topological polar surface area (TPSA) is 65.0 Å². The van der Waals surface area contributed by atoms with Crippen LogP contribution in [0.1, 0.15) is 30.0 Å². The van der Waals surface area contributed by atoms with Crippen LogP contribution in [0.2, 0.25) is 0 Å². The number of para-hydroxylation sites is 2. The molecule has 37 heavy (non-hydrogen) atoms. The zero-order valence-corrected chi connectivity index (χ0v) is 20.6. The van der Waals surface area contributed by atoms with Crippen LogP contribution in [-0.2, 0) is 9.59 Å². The molecule has 184 valence electrons. The first-order chi connectivity index (χ1) is 18.1. The standard InChI is InChI=1S/C31H28N4O2/c1-23-17-19-25(20-18-23)32-30(36)22-31(37)35-28(24-11-5-2-6-12-24)21-29(33-35)34(26-13-7-3-8-14-26)27-15-9-4-10-16-27/h2-20,28H,21-22H2,1H3,(H,32,36)/t28-/m0/s1. The van der Waals surface area contributed by atoms with Gasteiger partial charge in [0.1, 0.15) is 12.3 Å². The highest BCUT2D eigenvalue weighted by Gasteiger charge is 2.36. The number of carbonyl (C=O) groups excluding carboxylic acids is 2. The normalized spacial score (nSPS) is 14.7. The fourth-order valence-corrected chi connectivity index (χ4v) is 4.46. The van der Waals surface area contributed by atoms with Crippen molar-refractivity contribution in [2.24, 2.45) is 5.10 Å². The van der Waals surface area contributed by atoms with E-state index in [0.717, 1.165) is 28.3 Å². The first-order valence-electron chi connectivity index (χ1n) is 12.3. The Kier molecular flexibility index (Phi) is 7.08. The van der Waals surface area contributed by atoms with E-state index in [2.05, 4.69) is 10.2 Å². The van der Waals surface area contributed by atoms with Gasteiger partial charge in [-0.1, -0.05) is 84.4 Å². The number of hydrogen-bond donors (Lipinski definition) is 1. The molecule has 4 aromatic carbocycles. The molecule has 6 nitrogen and oxygen atoms in total. The second-order valence-electron chi connectivity index (χ2n) is 8.98. The van der Waals surface area contributed by atoms with E-state index < -0.39 is 0 Å². The van der Waals surface area contributed by atoms with Crippen molar-refractivity contribution in [1.29, 1.82) is 0 Å². The van der Waals surface area contributed by atoms with Crippen LogP contribution in [0.25, 0.3) is 0 Å². The van der Waals surface area contributed by atoms with Crippen molar-refractivity contribution >= 4 is 34.7 Å². The van der Waals surface area contributed by atoms with Crippen LogP contribution >= 0.6 is 0 Å². The molecule has 0 aromatic heterocycles. The van der Waals surface area contributed by atoms with Crippen LogP contribution in [0.4, 0.5) is 17.1 Å². The summed E-state index contributed by atoms with van der Waals surface area (Å²) in [6.45, 7) is 1.98. The van der Waals surface area contributed by atoms with Gasteiger partial charge in [0.15, 0.2) is 0 Å². The third-order valence-electron chi connectivity index (χ3n) is 6.27. The molecule has 0 saturated carbocycles.